The highest BCUT2D eigenvalue weighted by molar-refractivity contribution is 6.31. The van der Waals surface area contributed by atoms with E-state index in [1.165, 1.54) is 0 Å². The Morgan fingerprint density at radius 3 is 2.52 bits per heavy atom. The predicted molar refractivity (Wildman–Crippen MR) is 97.2 cm³/mol. The van der Waals surface area contributed by atoms with E-state index in [2.05, 4.69) is 15.1 Å². The fourth-order valence-corrected chi connectivity index (χ4v) is 2.81. The zero-order valence-electron chi connectivity index (χ0n) is 14.4. The molecule has 0 atom stereocenters. The average Bonchev–Trinajstić information content (AvgIpc) is 2.63. The average molecular weight is 361 g/mol. The molecule has 0 aliphatic carbocycles. The second kappa shape index (κ2) is 7.70. The van der Waals surface area contributed by atoms with Crippen LogP contribution in [0.5, 0.6) is 5.75 Å². The van der Waals surface area contributed by atoms with E-state index in [-0.39, 0.29) is 12.5 Å². The Bertz CT molecular complexity index is 743. The van der Waals surface area contributed by atoms with Gasteiger partial charge in [-0.15, -0.1) is 5.10 Å². The molecule has 0 spiro atoms. The van der Waals surface area contributed by atoms with Gasteiger partial charge in [-0.05, 0) is 49.7 Å². The van der Waals surface area contributed by atoms with Crippen molar-refractivity contribution in [3.63, 3.8) is 0 Å². The van der Waals surface area contributed by atoms with Crippen LogP contribution in [0.2, 0.25) is 5.02 Å². The summed E-state index contributed by atoms with van der Waals surface area (Å²) < 4.78 is 5.60. The van der Waals surface area contributed by atoms with Crippen LogP contribution in [-0.2, 0) is 4.79 Å². The lowest BCUT2D eigenvalue weighted by atomic mass is 10.2. The summed E-state index contributed by atoms with van der Waals surface area (Å²) in [6.45, 7) is 6.63. The Morgan fingerprint density at radius 1 is 1.12 bits per heavy atom. The van der Waals surface area contributed by atoms with Crippen LogP contribution in [0.4, 0.5) is 5.82 Å². The van der Waals surface area contributed by atoms with Crippen molar-refractivity contribution in [1.29, 1.82) is 0 Å². The van der Waals surface area contributed by atoms with E-state index in [9.17, 15) is 4.79 Å². The number of carbonyl (C=O) groups is 1. The van der Waals surface area contributed by atoms with Crippen molar-refractivity contribution in [2.75, 3.05) is 37.7 Å². The van der Waals surface area contributed by atoms with E-state index in [4.69, 9.17) is 16.3 Å². The van der Waals surface area contributed by atoms with Gasteiger partial charge in [-0.1, -0.05) is 11.6 Å². The molecule has 1 aliphatic heterocycles. The minimum Gasteiger partial charge on any atom is -0.484 e. The molecule has 6 nitrogen and oxygen atoms in total. The maximum atomic E-state index is 12.3. The lowest BCUT2D eigenvalue weighted by Gasteiger charge is -2.35. The molecule has 3 rings (SSSR count). The molecular formula is C18H21ClN4O2. The molecule has 1 aliphatic rings. The Hall–Kier alpha value is -2.34. The second-order valence-electron chi connectivity index (χ2n) is 6.10. The third kappa shape index (κ3) is 4.39. The summed E-state index contributed by atoms with van der Waals surface area (Å²) in [5.74, 6) is 1.50. The normalized spacial score (nSPS) is 14.5. The van der Waals surface area contributed by atoms with Gasteiger partial charge in [-0.2, -0.15) is 5.10 Å². The van der Waals surface area contributed by atoms with E-state index in [1.807, 2.05) is 36.9 Å². The molecule has 0 N–H and O–H groups in total. The van der Waals surface area contributed by atoms with Gasteiger partial charge in [0, 0.05) is 31.2 Å². The number of benzene rings is 1. The van der Waals surface area contributed by atoms with Crippen LogP contribution < -0.4 is 9.64 Å². The minimum atomic E-state index is -0.0118. The van der Waals surface area contributed by atoms with Gasteiger partial charge in [-0.25, -0.2) is 0 Å². The third-order valence-corrected chi connectivity index (χ3v) is 4.66. The zero-order valence-corrected chi connectivity index (χ0v) is 15.2. The zero-order chi connectivity index (χ0) is 17.8. The monoisotopic (exact) mass is 360 g/mol. The number of hydrogen-bond donors (Lipinski definition) is 0. The van der Waals surface area contributed by atoms with E-state index in [1.54, 1.807) is 12.1 Å². The molecule has 1 amide bonds. The Morgan fingerprint density at radius 2 is 1.88 bits per heavy atom. The molecule has 2 heterocycles. The Labute approximate surface area is 152 Å². The summed E-state index contributed by atoms with van der Waals surface area (Å²) in [5.41, 5.74) is 1.83. The van der Waals surface area contributed by atoms with Crippen molar-refractivity contribution in [2.45, 2.75) is 13.8 Å². The lowest BCUT2D eigenvalue weighted by molar-refractivity contribution is -0.133. The number of hydrogen-bond acceptors (Lipinski definition) is 5. The summed E-state index contributed by atoms with van der Waals surface area (Å²) in [6, 6.07) is 9.30. The molecule has 1 aromatic heterocycles. The SMILES string of the molecule is Cc1ccc(N2CCN(C(=O)COc3ccc(Cl)c(C)c3)CC2)nn1. The van der Waals surface area contributed by atoms with E-state index in [0.29, 0.717) is 23.9 Å². The van der Waals surface area contributed by atoms with Gasteiger partial charge in [0.05, 0.1) is 5.69 Å². The van der Waals surface area contributed by atoms with Crippen molar-refractivity contribution >= 4 is 23.3 Å². The van der Waals surface area contributed by atoms with Crippen LogP contribution in [0, 0.1) is 13.8 Å². The van der Waals surface area contributed by atoms with Crippen LogP contribution in [0.25, 0.3) is 0 Å². The summed E-state index contributed by atoms with van der Waals surface area (Å²) in [4.78, 5) is 16.3. The number of anilines is 1. The van der Waals surface area contributed by atoms with Gasteiger partial charge >= 0.3 is 0 Å². The number of piperazine rings is 1. The van der Waals surface area contributed by atoms with Crippen LogP contribution in [0.1, 0.15) is 11.3 Å². The lowest BCUT2D eigenvalue weighted by Crippen LogP contribution is -2.50. The Balaban J connectivity index is 1.49. The van der Waals surface area contributed by atoms with E-state index < -0.39 is 0 Å². The summed E-state index contributed by atoms with van der Waals surface area (Å²) >= 11 is 5.99. The molecule has 1 saturated heterocycles. The predicted octanol–water partition coefficient (Wildman–Crippen LogP) is 2.47. The van der Waals surface area contributed by atoms with Gasteiger partial charge < -0.3 is 14.5 Å². The molecule has 1 fully saturated rings. The molecular weight excluding hydrogens is 340 g/mol. The fraction of sp³-hybridized carbons (Fsp3) is 0.389. The number of halogens is 1. The standard InChI is InChI=1S/C18H21ClN4O2/c1-13-11-15(4-5-16(13)19)25-12-18(24)23-9-7-22(8-10-23)17-6-3-14(2)20-21-17/h3-6,11H,7-10,12H2,1-2H3. The second-order valence-corrected chi connectivity index (χ2v) is 6.51. The molecule has 132 valence electrons. The molecule has 2 aromatic rings. The summed E-state index contributed by atoms with van der Waals surface area (Å²) in [6.07, 6.45) is 0. The van der Waals surface area contributed by atoms with Crippen molar-refractivity contribution in [3.05, 3.63) is 46.6 Å². The van der Waals surface area contributed by atoms with Gasteiger partial charge in [0.2, 0.25) is 0 Å². The number of aryl methyl sites for hydroxylation is 2. The number of carbonyl (C=O) groups excluding carboxylic acids is 1. The van der Waals surface area contributed by atoms with Crippen LogP contribution in [0.3, 0.4) is 0 Å². The summed E-state index contributed by atoms with van der Waals surface area (Å²) in [7, 11) is 0. The number of ether oxygens (including phenoxy) is 1. The van der Waals surface area contributed by atoms with Crippen LogP contribution in [0.15, 0.2) is 30.3 Å². The van der Waals surface area contributed by atoms with E-state index in [0.717, 1.165) is 30.2 Å². The van der Waals surface area contributed by atoms with Crippen molar-refractivity contribution in [2.24, 2.45) is 0 Å². The van der Waals surface area contributed by atoms with E-state index >= 15 is 0 Å². The molecule has 0 radical (unpaired) electrons. The maximum Gasteiger partial charge on any atom is 0.260 e. The molecule has 25 heavy (non-hydrogen) atoms. The number of amides is 1. The van der Waals surface area contributed by atoms with Gasteiger partial charge in [-0.3, -0.25) is 4.79 Å². The van der Waals surface area contributed by atoms with Gasteiger partial charge in [0.25, 0.3) is 5.91 Å². The highest BCUT2D eigenvalue weighted by Crippen LogP contribution is 2.21. The largest absolute Gasteiger partial charge is 0.484 e. The quantitative estimate of drug-likeness (QED) is 0.838. The third-order valence-electron chi connectivity index (χ3n) is 4.23. The van der Waals surface area contributed by atoms with Crippen LogP contribution >= 0.6 is 11.6 Å². The van der Waals surface area contributed by atoms with Crippen molar-refractivity contribution in [3.8, 4) is 5.75 Å². The first kappa shape index (κ1) is 17.5. The highest BCUT2D eigenvalue weighted by atomic mass is 35.5. The molecule has 1 aromatic carbocycles. The van der Waals surface area contributed by atoms with Crippen molar-refractivity contribution < 1.29 is 9.53 Å². The number of rotatable bonds is 4. The first-order chi connectivity index (χ1) is 12.0. The van der Waals surface area contributed by atoms with Crippen LogP contribution in [-0.4, -0.2) is 53.8 Å². The molecule has 0 bridgehead atoms. The molecule has 0 saturated carbocycles. The van der Waals surface area contributed by atoms with Crippen molar-refractivity contribution in [1.82, 2.24) is 15.1 Å². The molecule has 7 heteroatoms. The smallest absolute Gasteiger partial charge is 0.260 e. The van der Waals surface area contributed by atoms with Gasteiger partial charge in [0.15, 0.2) is 12.4 Å². The number of nitrogens with zero attached hydrogens (tertiary/aromatic N) is 4. The molecule has 0 unspecified atom stereocenters. The number of aromatic nitrogens is 2. The summed E-state index contributed by atoms with van der Waals surface area (Å²) in [5, 5.41) is 8.97. The topological polar surface area (TPSA) is 58.6 Å². The fourth-order valence-electron chi connectivity index (χ4n) is 2.69. The highest BCUT2D eigenvalue weighted by Gasteiger charge is 2.22. The maximum absolute atomic E-state index is 12.3. The Kier molecular flexibility index (Phi) is 5.38. The van der Waals surface area contributed by atoms with Gasteiger partial charge in [0.1, 0.15) is 5.75 Å². The minimum absolute atomic E-state index is 0.0118. The first-order valence-corrected chi connectivity index (χ1v) is 8.63. The first-order valence-electron chi connectivity index (χ1n) is 8.25.